The van der Waals surface area contributed by atoms with Crippen molar-refractivity contribution in [2.75, 3.05) is 7.05 Å². The normalized spacial score (nSPS) is 12.6. The Labute approximate surface area is 111 Å². The van der Waals surface area contributed by atoms with E-state index in [0.717, 1.165) is 22.1 Å². The Balaban J connectivity index is 2.11. The number of benzene rings is 1. The Morgan fingerprint density at radius 2 is 2.29 bits per heavy atom. The van der Waals surface area contributed by atoms with Crippen LogP contribution in [0, 0.1) is 0 Å². The van der Waals surface area contributed by atoms with Gasteiger partial charge in [-0.25, -0.2) is 4.98 Å². The molecule has 1 atom stereocenters. The second-order valence-corrected chi connectivity index (χ2v) is 5.36. The minimum Gasteiger partial charge on any atom is -0.312 e. The van der Waals surface area contributed by atoms with Crippen LogP contribution in [0.4, 0.5) is 0 Å². The van der Waals surface area contributed by atoms with E-state index in [1.807, 2.05) is 25.2 Å². The average Bonchev–Trinajstić information content (AvgIpc) is 2.76. The van der Waals surface area contributed by atoms with Gasteiger partial charge in [0.1, 0.15) is 0 Å². The van der Waals surface area contributed by atoms with Crippen LogP contribution in [0.15, 0.2) is 29.6 Å². The summed E-state index contributed by atoms with van der Waals surface area (Å²) in [7, 11) is 1.95. The summed E-state index contributed by atoms with van der Waals surface area (Å²) in [5.41, 5.74) is 2.31. The lowest BCUT2D eigenvalue weighted by Crippen LogP contribution is -2.12. The molecule has 1 N–H and O–H groups in total. The van der Waals surface area contributed by atoms with Gasteiger partial charge in [-0.15, -0.1) is 11.3 Å². The first-order valence-electron chi connectivity index (χ1n) is 5.55. The van der Waals surface area contributed by atoms with Crippen molar-refractivity contribution < 1.29 is 0 Å². The molecule has 1 aromatic carbocycles. The highest BCUT2D eigenvalue weighted by atomic mass is 35.5. The van der Waals surface area contributed by atoms with Gasteiger partial charge in [0.15, 0.2) is 0 Å². The molecule has 2 nitrogen and oxygen atoms in total. The Morgan fingerprint density at radius 3 is 3.00 bits per heavy atom. The van der Waals surface area contributed by atoms with Gasteiger partial charge in [0.05, 0.1) is 10.7 Å². The van der Waals surface area contributed by atoms with Crippen LogP contribution < -0.4 is 5.32 Å². The molecule has 0 spiro atoms. The molecule has 0 saturated heterocycles. The van der Waals surface area contributed by atoms with Crippen molar-refractivity contribution in [1.82, 2.24) is 10.3 Å². The van der Waals surface area contributed by atoms with E-state index in [1.54, 1.807) is 11.3 Å². The maximum atomic E-state index is 5.96. The minimum absolute atomic E-state index is 0.305. The number of aromatic nitrogens is 1. The van der Waals surface area contributed by atoms with E-state index in [2.05, 4.69) is 28.7 Å². The average molecular weight is 267 g/mol. The van der Waals surface area contributed by atoms with E-state index in [1.165, 1.54) is 5.56 Å². The summed E-state index contributed by atoms with van der Waals surface area (Å²) in [6.07, 6.45) is 0.849. The molecule has 1 aromatic heterocycles. The molecule has 90 valence electrons. The fourth-order valence-electron chi connectivity index (χ4n) is 1.57. The standard InChI is InChI=1S/C13H15ClN2S/c1-9(15-2)12-8-17-13(16-12)7-10-4-3-5-11(14)6-10/h3-6,8-9,15H,7H2,1-2H3. The highest BCUT2D eigenvalue weighted by molar-refractivity contribution is 7.09. The van der Waals surface area contributed by atoms with Crippen molar-refractivity contribution >= 4 is 22.9 Å². The maximum absolute atomic E-state index is 5.96. The molecule has 0 amide bonds. The van der Waals surface area contributed by atoms with Gasteiger partial charge in [0, 0.05) is 22.9 Å². The lowest BCUT2D eigenvalue weighted by atomic mass is 10.2. The van der Waals surface area contributed by atoms with Gasteiger partial charge in [-0.1, -0.05) is 23.7 Å². The first kappa shape index (κ1) is 12.6. The van der Waals surface area contributed by atoms with Crippen molar-refractivity contribution in [3.8, 4) is 0 Å². The number of thiazole rings is 1. The maximum Gasteiger partial charge on any atom is 0.0972 e. The molecule has 0 aliphatic heterocycles. The summed E-state index contributed by atoms with van der Waals surface area (Å²) < 4.78 is 0. The van der Waals surface area contributed by atoms with Crippen LogP contribution >= 0.6 is 22.9 Å². The van der Waals surface area contributed by atoms with Crippen molar-refractivity contribution in [3.63, 3.8) is 0 Å². The molecule has 2 aromatic rings. The van der Waals surface area contributed by atoms with E-state index >= 15 is 0 Å². The van der Waals surface area contributed by atoms with Crippen LogP contribution in [0.25, 0.3) is 0 Å². The van der Waals surface area contributed by atoms with Crippen LogP contribution in [-0.2, 0) is 6.42 Å². The molecule has 0 saturated carbocycles. The van der Waals surface area contributed by atoms with Gasteiger partial charge in [0.2, 0.25) is 0 Å². The predicted molar refractivity (Wildman–Crippen MR) is 73.8 cm³/mol. The van der Waals surface area contributed by atoms with E-state index in [4.69, 9.17) is 11.6 Å². The Hall–Kier alpha value is -0.900. The minimum atomic E-state index is 0.305. The highest BCUT2D eigenvalue weighted by Crippen LogP contribution is 2.20. The van der Waals surface area contributed by atoms with Crippen LogP contribution in [0.2, 0.25) is 5.02 Å². The van der Waals surface area contributed by atoms with Gasteiger partial charge in [-0.2, -0.15) is 0 Å². The van der Waals surface area contributed by atoms with Crippen molar-refractivity contribution in [3.05, 3.63) is 50.9 Å². The summed E-state index contributed by atoms with van der Waals surface area (Å²) in [5, 5.41) is 7.21. The Morgan fingerprint density at radius 1 is 1.47 bits per heavy atom. The zero-order valence-electron chi connectivity index (χ0n) is 9.90. The number of halogens is 1. The molecule has 1 heterocycles. The molecule has 2 rings (SSSR count). The molecule has 17 heavy (non-hydrogen) atoms. The number of hydrogen-bond donors (Lipinski definition) is 1. The molecular formula is C13H15ClN2S. The number of nitrogens with zero attached hydrogens (tertiary/aromatic N) is 1. The molecule has 1 unspecified atom stereocenters. The van der Waals surface area contributed by atoms with Gasteiger partial charge in [-0.05, 0) is 31.7 Å². The third-order valence-corrected chi connectivity index (χ3v) is 3.79. The van der Waals surface area contributed by atoms with Crippen LogP contribution in [-0.4, -0.2) is 12.0 Å². The van der Waals surface area contributed by atoms with E-state index in [0.29, 0.717) is 6.04 Å². The van der Waals surface area contributed by atoms with Crippen LogP contribution in [0.3, 0.4) is 0 Å². The SMILES string of the molecule is CNC(C)c1csc(Cc2cccc(Cl)c2)n1. The van der Waals surface area contributed by atoms with Crippen molar-refractivity contribution in [1.29, 1.82) is 0 Å². The summed E-state index contributed by atoms with van der Waals surface area (Å²) in [4.78, 5) is 4.62. The summed E-state index contributed by atoms with van der Waals surface area (Å²) in [6, 6.07) is 8.24. The molecule has 0 bridgehead atoms. The van der Waals surface area contributed by atoms with Gasteiger partial charge >= 0.3 is 0 Å². The molecule has 0 aliphatic rings. The molecular weight excluding hydrogens is 252 g/mol. The number of nitrogens with one attached hydrogen (secondary N) is 1. The van der Waals surface area contributed by atoms with Crippen molar-refractivity contribution in [2.24, 2.45) is 0 Å². The van der Waals surface area contributed by atoms with E-state index in [9.17, 15) is 0 Å². The first-order chi connectivity index (χ1) is 8.19. The van der Waals surface area contributed by atoms with Gasteiger partial charge < -0.3 is 5.32 Å². The number of hydrogen-bond acceptors (Lipinski definition) is 3. The molecule has 0 radical (unpaired) electrons. The third-order valence-electron chi connectivity index (χ3n) is 2.69. The summed E-state index contributed by atoms with van der Waals surface area (Å²) >= 11 is 7.66. The van der Waals surface area contributed by atoms with Gasteiger partial charge in [0.25, 0.3) is 0 Å². The van der Waals surface area contributed by atoms with Crippen molar-refractivity contribution in [2.45, 2.75) is 19.4 Å². The van der Waals surface area contributed by atoms with E-state index in [-0.39, 0.29) is 0 Å². The number of rotatable bonds is 4. The van der Waals surface area contributed by atoms with E-state index < -0.39 is 0 Å². The summed E-state index contributed by atoms with van der Waals surface area (Å²) in [5.74, 6) is 0. The van der Waals surface area contributed by atoms with Crippen LogP contribution in [0.5, 0.6) is 0 Å². The second-order valence-electron chi connectivity index (χ2n) is 3.98. The largest absolute Gasteiger partial charge is 0.312 e. The lowest BCUT2D eigenvalue weighted by Gasteiger charge is -2.05. The summed E-state index contributed by atoms with van der Waals surface area (Å²) in [6.45, 7) is 2.11. The quantitative estimate of drug-likeness (QED) is 0.913. The third kappa shape index (κ3) is 3.28. The van der Waals surface area contributed by atoms with Gasteiger partial charge in [-0.3, -0.25) is 0 Å². The highest BCUT2D eigenvalue weighted by Gasteiger charge is 2.08. The predicted octanol–water partition coefficient (Wildman–Crippen LogP) is 3.67. The first-order valence-corrected chi connectivity index (χ1v) is 6.81. The Bertz CT molecular complexity index is 496. The zero-order chi connectivity index (χ0) is 12.3. The zero-order valence-corrected chi connectivity index (χ0v) is 11.5. The fraction of sp³-hybridized carbons (Fsp3) is 0.308. The second kappa shape index (κ2) is 5.63. The smallest absolute Gasteiger partial charge is 0.0972 e. The molecule has 0 aliphatic carbocycles. The lowest BCUT2D eigenvalue weighted by molar-refractivity contribution is 0.635. The molecule has 4 heteroatoms. The van der Waals surface area contributed by atoms with Crippen LogP contribution in [0.1, 0.15) is 29.2 Å². The fourth-order valence-corrected chi connectivity index (χ4v) is 2.71. The monoisotopic (exact) mass is 266 g/mol. The molecule has 0 fully saturated rings. The topological polar surface area (TPSA) is 24.9 Å². The Kier molecular flexibility index (Phi) is 4.15.